The van der Waals surface area contributed by atoms with Gasteiger partial charge < -0.3 is 0 Å². The van der Waals surface area contributed by atoms with Gasteiger partial charge in [0.15, 0.2) is 0 Å². The Morgan fingerprint density at radius 2 is 2.00 bits per heavy atom. The molecule has 0 amide bonds. The van der Waals surface area contributed by atoms with Gasteiger partial charge in [0.1, 0.15) is 0 Å². The summed E-state index contributed by atoms with van der Waals surface area (Å²) in [5, 5.41) is 2.70. The SMILES string of the molecule is C=CN=C(/C=C/CCC)SC=C.CC. The largest absolute Gasteiger partial charge is 0.250 e. The van der Waals surface area contributed by atoms with Crippen molar-refractivity contribution in [3.8, 4) is 0 Å². The molecule has 0 atom stereocenters. The molecule has 0 bridgehead atoms. The van der Waals surface area contributed by atoms with E-state index in [1.54, 1.807) is 11.6 Å². The number of hydrogen-bond donors (Lipinski definition) is 0. The van der Waals surface area contributed by atoms with Gasteiger partial charge in [-0.25, -0.2) is 0 Å². The molecule has 0 aromatic rings. The van der Waals surface area contributed by atoms with Crippen LogP contribution in [-0.2, 0) is 0 Å². The van der Waals surface area contributed by atoms with Crippen molar-refractivity contribution in [3.05, 3.63) is 36.9 Å². The maximum Gasteiger partial charge on any atom is 0.0998 e. The van der Waals surface area contributed by atoms with Crippen LogP contribution < -0.4 is 0 Å². The van der Waals surface area contributed by atoms with E-state index < -0.39 is 0 Å². The summed E-state index contributed by atoms with van der Waals surface area (Å²) in [5.41, 5.74) is 0. The molecule has 0 aromatic carbocycles. The van der Waals surface area contributed by atoms with Gasteiger partial charge in [-0.05, 0) is 17.9 Å². The molecule has 0 aliphatic rings. The van der Waals surface area contributed by atoms with E-state index in [0.29, 0.717) is 0 Å². The molecule has 0 saturated carbocycles. The highest BCUT2D eigenvalue weighted by Gasteiger charge is 1.88. The highest BCUT2D eigenvalue weighted by Crippen LogP contribution is 2.07. The maximum absolute atomic E-state index is 4.07. The standard InChI is InChI=1S/C10H15NS.C2H6/c1-4-7-8-9-10(11-5-2)12-6-3;1-2/h5-6,8-9H,2-4,7H2,1H3;1-2H3/b9-8+,11-10?;. The van der Waals surface area contributed by atoms with E-state index in [2.05, 4.69) is 31.2 Å². The Hall–Kier alpha value is -0.760. The maximum atomic E-state index is 4.07. The highest BCUT2D eigenvalue weighted by molar-refractivity contribution is 8.16. The number of nitrogens with zero attached hydrogens (tertiary/aromatic N) is 1. The molecule has 0 radical (unpaired) electrons. The molecule has 0 aliphatic heterocycles. The Balaban J connectivity index is 0. The van der Waals surface area contributed by atoms with Gasteiger partial charge in [0.25, 0.3) is 0 Å². The summed E-state index contributed by atoms with van der Waals surface area (Å²) in [5.74, 6) is 0. The van der Waals surface area contributed by atoms with Gasteiger partial charge in [0.2, 0.25) is 0 Å². The second-order valence-corrected chi connectivity index (χ2v) is 3.11. The first-order valence-electron chi connectivity index (χ1n) is 4.98. The summed E-state index contributed by atoms with van der Waals surface area (Å²) in [6, 6.07) is 0. The van der Waals surface area contributed by atoms with Crippen molar-refractivity contribution in [1.29, 1.82) is 0 Å². The normalized spacial score (nSPS) is 10.6. The molecule has 0 aromatic heterocycles. The Bertz CT molecular complexity index is 192. The monoisotopic (exact) mass is 211 g/mol. The number of hydrogen-bond acceptors (Lipinski definition) is 2. The summed E-state index contributed by atoms with van der Waals surface area (Å²) in [4.78, 5) is 4.07. The molecule has 2 heteroatoms. The predicted octanol–water partition coefficient (Wildman–Crippen LogP) is 4.79. The van der Waals surface area contributed by atoms with Crippen molar-refractivity contribution in [2.24, 2.45) is 4.99 Å². The van der Waals surface area contributed by atoms with Crippen molar-refractivity contribution in [3.63, 3.8) is 0 Å². The van der Waals surface area contributed by atoms with Crippen molar-refractivity contribution in [1.82, 2.24) is 0 Å². The number of unbranched alkanes of at least 4 members (excludes halogenated alkanes) is 1. The van der Waals surface area contributed by atoms with Crippen LogP contribution in [0.4, 0.5) is 0 Å². The van der Waals surface area contributed by atoms with E-state index >= 15 is 0 Å². The van der Waals surface area contributed by atoms with Crippen LogP contribution in [0.2, 0.25) is 0 Å². The van der Waals surface area contributed by atoms with Gasteiger partial charge in [-0.2, -0.15) is 0 Å². The van der Waals surface area contributed by atoms with Crippen LogP contribution in [0.3, 0.4) is 0 Å². The highest BCUT2D eigenvalue weighted by atomic mass is 32.2. The van der Waals surface area contributed by atoms with Gasteiger partial charge in [-0.1, -0.05) is 58.2 Å². The number of allylic oxidation sites excluding steroid dienone is 1. The van der Waals surface area contributed by atoms with Gasteiger partial charge in [0, 0.05) is 6.20 Å². The van der Waals surface area contributed by atoms with Crippen molar-refractivity contribution in [2.75, 3.05) is 0 Å². The quantitative estimate of drug-likeness (QED) is 0.470. The first-order chi connectivity index (χ1) is 6.85. The number of aliphatic imine (C=N–C) groups is 1. The second kappa shape index (κ2) is 14.7. The Labute approximate surface area is 92.7 Å². The molecule has 0 spiro atoms. The van der Waals surface area contributed by atoms with E-state index in [0.717, 1.165) is 17.9 Å². The van der Waals surface area contributed by atoms with Gasteiger partial charge in [-0.15, -0.1) is 0 Å². The molecule has 14 heavy (non-hydrogen) atoms. The molecule has 0 unspecified atom stereocenters. The summed E-state index contributed by atoms with van der Waals surface area (Å²) in [7, 11) is 0. The van der Waals surface area contributed by atoms with Gasteiger partial charge >= 0.3 is 0 Å². The molecular formula is C12H21NS. The molecule has 80 valence electrons. The van der Waals surface area contributed by atoms with Crippen LogP contribution in [0.25, 0.3) is 0 Å². The molecular weight excluding hydrogens is 190 g/mol. The van der Waals surface area contributed by atoms with E-state index in [1.807, 2.05) is 19.9 Å². The molecule has 0 aliphatic carbocycles. The Morgan fingerprint density at radius 1 is 1.36 bits per heavy atom. The summed E-state index contributed by atoms with van der Waals surface area (Å²) in [6.07, 6.45) is 7.91. The predicted molar refractivity (Wildman–Crippen MR) is 70.8 cm³/mol. The smallest absolute Gasteiger partial charge is 0.0998 e. The summed E-state index contributed by atoms with van der Waals surface area (Å²) >= 11 is 1.51. The molecule has 0 heterocycles. The average molecular weight is 211 g/mol. The number of rotatable bonds is 5. The zero-order valence-corrected chi connectivity index (χ0v) is 10.3. The van der Waals surface area contributed by atoms with Crippen LogP contribution in [0.1, 0.15) is 33.6 Å². The Morgan fingerprint density at radius 3 is 2.43 bits per heavy atom. The van der Waals surface area contributed by atoms with Crippen molar-refractivity contribution < 1.29 is 0 Å². The van der Waals surface area contributed by atoms with E-state index in [-0.39, 0.29) is 0 Å². The van der Waals surface area contributed by atoms with Gasteiger partial charge in [-0.3, -0.25) is 4.99 Å². The fraction of sp³-hybridized carbons (Fsp3) is 0.417. The summed E-state index contributed by atoms with van der Waals surface area (Å²) in [6.45, 7) is 13.3. The third-order valence-electron chi connectivity index (χ3n) is 1.14. The van der Waals surface area contributed by atoms with E-state index in [9.17, 15) is 0 Å². The molecule has 0 fully saturated rings. The molecule has 0 rings (SSSR count). The van der Waals surface area contributed by atoms with Crippen LogP contribution in [0.5, 0.6) is 0 Å². The minimum atomic E-state index is 0.938. The lowest BCUT2D eigenvalue weighted by Crippen LogP contribution is -1.81. The van der Waals surface area contributed by atoms with Crippen molar-refractivity contribution in [2.45, 2.75) is 33.6 Å². The van der Waals surface area contributed by atoms with Crippen LogP contribution in [-0.4, -0.2) is 5.04 Å². The average Bonchev–Trinajstić information content (AvgIpc) is 2.22. The first-order valence-corrected chi connectivity index (χ1v) is 5.86. The molecule has 0 N–H and O–H groups in total. The minimum Gasteiger partial charge on any atom is -0.250 e. The third kappa shape index (κ3) is 11.2. The molecule has 1 nitrogen and oxygen atoms in total. The van der Waals surface area contributed by atoms with Crippen LogP contribution in [0, 0.1) is 0 Å². The first kappa shape index (κ1) is 15.7. The third-order valence-corrected chi connectivity index (χ3v) is 1.79. The van der Waals surface area contributed by atoms with Gasteiger partial charge in [0.05, 0.1) is 5.04 Å². The minimum absolute atomic E-state index is 0.938. The zero-order valence-electron chi connectivity index (χ0n) is 9.49. The fourth-order valence-electron chi connectivity index (χ4n) is 0.639. The van der Waals surface area contributed by atoms with Crippen molar-refractivity contribution >= 4 is 16.8 Å². The lowest BCUT2D eigenvalue weighted by molar-refractivity contribution is 0.960. The second-order valence-electron chi connectivity index (χ2n) is 2.13. The van der Waals surface area contributed by atoms with E-state index in [1.165, 1.54) is 11.8 Å². The number of thioether (sulfide) groups is 1. The lowest BCUT2D eigenvalue weighted by Gasteiger charge is -1.92. The summed E-state index contributed by atoms with van der Waals surface area (Å²) < 4.78 is 0. The van der Waals surface area contributed by atoms with Crippen LogP contribution >= 0.6 is 11.8 Å². The zero-order chi connectivity index (χ0) is 11.2. The lowest BCUT2D eigenvalue weighted by atomic mass is 10.3. The fourth-order valence-corrected chi connectivity index (χ4v) is 1.12. The Kier molecular flexibility index (Phi) is 16.5. The molecule has 0 saturated heterocycles. The van der Waals surface area contributed by atoms with Crippen LogP contribution in [0.15, 0.2) is 41.9 Å². The van der Waals surface area contributed by atoms with E-state index in [4.69, 9.17) is 0 Å². The topological polar surface area (TPSA) is 12.4 Å².